The Labute approximate surface area is 136 Å². The van der Waals surface area contributed by atoms with Gasteiger partial charge in [-0.25, -0.2) is 14.3 Å². The molecule has 1 heterocycles. The van der Waals surface area contributed by atoms with Crippen molar-refractivity contribution in [2.75, 3.05) is 25.1 Å². The minimum Gasteiger partial charge on any atom is -0.460 e. The number of amidine groups is 1. The topological polar surface area (TPSA) is 32.6 Å². The van der Waals surface area contributed by atoms with Crippen LogP contribution in [0.4, 0.5) is 11.4 Å². The molecule has 0 aliphatic carbocycles. The van der Waals surface area contributed by atoms with Gasteiger partial charge < -0.3 is 4.74 Å². The quantitative estimate of drug-likeness (QED) is 0.645. The molecular weight excluding hydrogens is 288 g/mol. The molecule has 118 valence electrons. The highest BCUT2D eigenvalue weighted by Gasteiger charge is 2.39. The summed E-state index contributed by atoms with van der Waals surface area (Å²) in [7, 11) is 1.42. The van der Waals surface area contributed by atoms with E-state index >= 15 is 0 Å². The molecule has 0 saturated heterocycles. The highest BCUT2D eigenvalue weighted by Crippen LogP contribution is 2.23. The second-order valence-corrected chi connectivity index (χ2v) is 5.79. The van der Waals surface area contributed by atoms with Gasteiger partial charge >= 0.3 is 11.8 Å². The van der Waals surface area contributed by atoms with Gasteiger partial charge in [0.15, 0.2) is 0 Å². The number of aryl methyl sites for hydroxylation is 2. The number of anilines is 1. The SMILES string of the molecule is COC(=O)C1=[N+](c2ccc(C)cc2)CCN1c1ccc(C)cc1. The minimum atomic E-state index is -0.316. The number of nitrogens with zero attached hydrogens (tertiary/aromatic N) is 2. The standard InChI is InChI=1S/C19H21N2O2/c1-14-4-8-16(9-5-14)20-12-13-21(18(20)19(22)23-3)17-10-6-15(2)7-11-17/h4-11H,12-13H2,1-3H3/q+1. The lowest BCUT2D eigenvalue weighted by Crippen LogP contribution is -2.36. The number of esters is 1. The number of ether oxygens (including phenoxy) is 1. The summed E-state index contributed by atoms with van der Waals surface area (Å²) >= 11 is 0. The van der Waals surface area contributed by atoms with E-state index in [1.54, 1.807) is 0 Å². The lowest BCUT2D eigenvalue weighted by Gasteiger charge is -2.11. The van der Waals surface area contributed by atoms with Gasteiger partial charge in [-0.3, -0.25) is 0 Å². The van der Waals surface area contributed by atoms with Crippen LogP contribution in [0.25, 0.3) is 0 Å². The molecule has 0 atom stereocenters. The van der Waals surface area contributed by atoms with Crippen LogP contribution in [-0.2, 0) is 9.53 Å². The third-order valence-electron chi connectivity index (χ3n) is 4.12. The van der Waals surface area contributed by atoms with Crippen LogP contribution in [0, 0.1) is 13.8 Å². The smallest absolute Gasteiger partial charge is 0.421 e. The molecule has 2 aromatic carbocycles. The van der Waals surface area contributed by atoms with Gasteiger partial charge in [0.25, 0.3) is 0 Å². The molecular formula is C19H21N2O2+. The Hall–Kier alpha value is -2.62. The Morgan fingerprint density at radius 3 is 2.13 bits per heavy atom. The van der Waals surface area contributed by atoms with Gasteiger partial charge in [0.1, 0.15) is 24.5 Å². The maximum absolute atomic E-state index is 12.4. The molecule has 2 aromatic rings. The summed E-state index contributed by atoms with van der Waals surface area (Å²) in [6.07, 6.45) is 0. The first-order chi connectivity index (χ1) is 11.1. The molecule has 0 aromatic heterocycles. The normalized spacial score (nSPS) is 14.3. The van der Waals surface area contributed by atoms with Gasteiger partial charge in [0.05, 0.1) is 7.11 Å². The zero-order valence-electron chi connectivity index (χ0n) is 13.7. The van der Waals surface area contributed by atoms with Gasteiger partial charge in [0.2, 0.25) is 0 Å². The van der Waals surface area contributed by atoms with Crippen molar-refractivity contribution < 1.29 is 14.1 Å². The van der Waals surface area contributed by atoms with Crippen molar-refractivity contribution in [3.63, 3.8) is 0 Å². The fourth-order valence-electron chi connectivity index (χ4n) is 2.82. The summed E-state index contributed by atoms with van der Waals surface area (Å²) < 4.78 is 7.04. The van der Waals surface area contributed by atoms with Crippen molar-refractivity contribution in [1.29, 1.82) is 0 Å². The van der Waals surface area contributed by atoms with E-state index in [2.05, 4.69) is 38.1 Å². The Kier molecular flexibility index (Phi) is 4.15. The van der Waals surface area contributed by atoms with Gasteiger partial charge in [0, 0.05) is 0 Å². The summed E-state index contributed by atoms with van der Waals surface area (Å²) in [5.41, 5.74) is 4.40. The molecule has 0 fully saturated rings. The van der Waals surface area contributed by atoms with Crippen molar-refractivity contribution in [3.8, 4) is 0 Å². The molecule has 0 bridgehead atoms. The molecule has 0 saturated carbocycles. The van der Waals surface area contributed by atoms with E-state index < -0.39 is 0 Å². The number of carbonyl (C=O) groups is 1. The molecule has 4 heteroatoms. The van der Waals surface area contributed by atoms with Crippen molar-refractivity contribution in [2.45, 2.75) is 13.8 Å². The van der Waals surface area contributed by atoms with Gasteiger partial charge in [-0.2, -0.15) is 0 Å². The van der Waals surface area contributed by atoms with E-state index in [0.29, 0.717) is 5.84 Å². The summed E-state index contributed by atoms with van der Waals surface area (Å²) in [5, 5.41) is 0. The highest BCUT2D eigenvalue weighted by molar-refractivity contribution is 6.39. The van der Waals surface area contributed by atoms with E-state index in [1.807, 2.05) is 33.7 Å². The molecule has 0 N–H and O–H groups in total. The van der Waals surface area contributed by atoms with Crippen LogP contribution in [0.15, 0.2) is 48.5 Å². The average molecular weight is 309 g/mol. The van der Waals surface area contributed by atoms with Crippen molar-refractivity contribution in [2.24, 2.45) is 0 Å². The zero-order valence-corrected chi connectivity index (χ0v) is 13.7. The average Bonchev–Trinajstić information content (AvgIpc) is 3.00. The van der Waals surface area contributed by atoms with Crippen molar-refractivity contribution >= 4 is 23.2 Å². The van der Waals surface area contributed by atoms with Crippen molar-refractivity contribution in [1.82, 2.24) is 0 Å². The van der Waals surface area contributed by atoms with E-state index in [0.717, 1.165) is 24.5 Å². The molecule has 0 amide bonds. The number of rotatable bonds is 3. The molecule has 23 heavy (non-hydrogen) atoms. The fraction of sp³-hybridized carbons (Fsp3) is 0.263. The summed E-state index contributed by atoms with van der Waals surface area (Å²) in [6, 6.07) is 16.4. The van der Waals surface area contributed by atoms with Crippen LogP contribution in [0.1, 0.15) is 11.1 Å². The van der Waals surface area contributed by atoms with Gasteiger partial charge in [-0.1, -0.05) is 35.4 Å². The summed E-state index contributed by atoms with van der Waals surface area (Å²) in [5.74, 6) is 0.254. The molecule has 4 nitrogen and oxygen atoms in total. The number of carbonyl (C=O) groups excluding carboxylic acids is 1. The van der Waals surface area contributed by atoms with Crippen LogP contribution in [0.2, 0.25) is 0 Å². The summed E-state index contributed by atoms with van der Waals surface area (Å²) in [6.45, 7) is 5.61. The number of hydrogen-bond donors (Lipinski definition) is 0. The molecule has 1 aliphatic rings. The number of hydrogen-bond acceptors (Lipinski definition) is 3. The van der Waals surface area contributed by atoms with Crippen LogP contribution in [-0.4, -0.2) is 36.6 Å². The largest absolute Gasteiger partial charge is 0.460 e. The van der Waals surface area contributed by atoms with Crippen LogP contribution in [0.3, 0.4) is 0 Å². The first kappa shape index (κ1) is 15.3. The third kappa shape index (κ3) is 2.97. The zero-order chi connectivity index (χ0) is 16.4. The number of methoxy groups -OCH3 is 1. The molecule has 0 radical (unpaired) electrons. The maximum Gasteiger partial charge on any atom is 0.421 e. The van der Waals surface area contributed by atoms with Crippen LogP contribution >= 0.6 is 0 Å². The Morgan fingerprint density at radius 1 is 1.00 bits per heavy atom. The third-order valence-corrected chi connectivity index (χ3v) is 4.12. The highest BCUT2D eigenvalue weighted by atomic mass is 16.5. The van der Waals surface area contributed by atoms with E-state index in [9.17, 15) is 4.79 Å². The number of benzene rings is 2. The first-order valence-corrected chi connectivity index (χ1v) is 7.74. The molecule has 1 aliphatic heterocycles. The van der Waals surface area contributed by atoms with E-state index in [4.69, 9.17) is 4.74 Å². The second-order valence-electron chi connectivity index (χ2n) is 5.79. The van der Waals surface area contributed by atoms with Crippen molar-refractivity contribution in [3.05, 3.63) is 59.7 Å². The van der Waals surface area contributed by atoms with E-state index in [-0.39, 0.29) is 5.97 Å². The monoisotopic (exact) mass is 309 g/mol. The predicted molar refractivity (Wildman–Crippen MR) is 91.5 cm³/mol. The van der Waals surface area contributed by atoms with Gasteiger partial charge in [-0.15, -0.1) is 0 Å². The Morgan fingerprint density at radius 2 is 1.57 bits per heavy atom. The predicted octanol–water partition coefficient (Wildman–Crippen LogP) is 3.04. The fourth-order valence-corrected chi connectivity index (χ4v) is 2.82. The van der Waals surface area contributed by atoms with Crippen LogP contribution in [0.5, 0.6) is 0 Å². The first-order valence-electron chi connectivity index (χ1n) is 7.74. The van der Waals surface area contributed by atoms with E-state index in [1.165, 1.54) is 18.2 Å². The maximum atomic E-state index is 12.4. The Bertz CT molecular complexity index is 746. The molecule has 0 unspecified atom stereocenters. The molecule has 3 rings (SSSR count). The molecule has 0 spiro atoms. The Balaban J connectivity index is 2.06. The minimum absolute atomic E-state index is 0.316. The lowest BCUT2D eigenvalue weighted by atomic mass is 10.2. The lowest BCUT2D eigenvalue weighted by molar-refractivity contribution is -0.428. The summed E-state index contributed by atoms with van der Waals surface area (Å²) in [4.78, 5) is 14.4. The van der Waals surface area contributed by atoms with Crippen LogP contribution < -0.4 is 4.90 Å². The van der Waals surface area contributed by atoms with Gasteiger partial charge in [-0.05, 0) is 38.1 Å². The second kappa shape index (κ2) is 6.24.